The summed E-state index contributed by atoms with van der Waals surface area (Å²) in [6, 6.07) is 16.5. The van der Waals surface area contributed by atoms with Crippen LogP contribution in [0.4, 0.5) is 0 Å². The predicted molar refractivity (Wildman–Crippen MR) is 113 cm³/mol. The quantitative estimate of drug-likeness (QED) is 0.620. The molecule has 29 heavy (non-hydrogen) atoms. The molecule has 6 nitrogen and oxygen atoms in total. The number of fused-ring (bicyclic) bond motifs is 3. The number of hydrogen-bond donors (Lipinski definition) is 0. The maximum absolute atomic E-state index is 11.6. The van der Waals surface area contributed by atoms with Crippen molar-refractivity contribution in [1.29, 1.82) is 0 Å². The van der Waals surface area contributed by atoms with Gasteiger partial charge in [-0.25, -0.2) is 4.98 Å². The number of carbonyl (C=O) groups is 1. The van der Waals surface area contributed by atoms with Crippen LogP contribution < -0.4 is 9.47 Å². The van der Waals surface area contributed by atoms with E-state index in [2.05, 4.69) is 9.88 Å². The van der Waals surface area contributed by atoms with Gasteiger partial charge in [0.1, 0.15) is 18.1 Å². The lowest BCUT2D eigenvalue weighted by Gasteiger charge is -2.33. The molecule has 2 bridgehead atoms. The summed E-state index contributed by atoms with van der Waals surface area (Å²) < 4.78 is 12.9. The topological polar surface area (TPSA) is 54.9 Å². The molecule has 2 atom stereocenters. The number of benzene rings is 2. The van der Waals surface area contributed by atoms with Gasteiger partial charge in [0.2, 0.25) is 5.91 Å². The summed E-state index contributed by atoms with van der Waals surface area (Å²) >= 11 is 1.54. The minimum atomic E-state index is 0.196. The minimum Gasteiger partial charge on any atom is -0.492 e. The lowest BCUT2D eigenvalue weighted by atomic mass is 10.2. The van der Waals surface area contributed by atoms with Crippen LogP contribution in [0.2, 0.25) is 0 Å². The molecule has 0 spiro atoms. The van der Waals surface area contributed by atoms with Crippen molar-refractivity contribution in [3.05, 3.63) is 48.5 Å². The number of nitrogens with zero attached hydrogens (tertiary/aromatic N) is 3. The molecule has 0 radical (unpaired) electrons. The Labute approximate surface area is 173 Å². The molecule has 7 heteroatoms. The average Bonchev–Trinajstić information content (AvgIpc) is 3.42. The van der Waals surface area contributed by atoms with E-state index in [1.54, 1.807) is 6.92 Å². The Morgan fingerprint density at radius 2 is 1.90 bits per heavy atom. The first kappa shape index (κ1) is 18.4. The second kappa shape index (κ2) is 7.65. The second-order valence-corrected chi connectivity index (χ2v) is 8.57. The zero-order chi connectivity index (χ0) is 19.8. The number of aromatic nitrogens is 1. The first-order chi connectivity index (χ1) is 14.2. The van der Waals surface area contributed by atoms with Gasteiger partial charge in [-0.05, 0) is 42.8 Å². The summed E-state index contributed by atoms with van der Waals surface area (Å²) in [4.78, 5) is 20.5. The number of piperazine rings is 1. The fraction of sp³-hybridized carbons (Fsp3) is 0.364. The molecular weight excluding hydrogens is 386 g/mol. The minimum absolute atomic E-state index is 0.196. The van der Waals surface area contributed by atoms with Crippen LogP contribution >= 0.6 is 11.3 Å². The Morgan fingerprint density at radius 1 is 1.10 bits per heavy atom. The number of para-hydroxylation sites is 1. The molecule has 2 aromatic carbocycles. The Bertz CT molecular complexity index is 987. The molecule has 5 rings (SSSR count). The van der Waals surface area contributed by atoms with Crippen LogP contribution in [0.3, 0.4) is 0 Å². The van der Waals surface area contributed by atoms with Gasteiger partial charge >= 0.3 is 0 Å². The van der Waals surface area contributed by atoms with Crippen LogP contribution in [-0.2, 0) is 4.79 Å². The van der Waals surface area contributed by atoms with E-state index in [0.29, 0.717) is 23.9 Å². The standard InChI is InChI=1S/C22H23N3O3S/c1-15(26)25-14-16-12-17(25)13-24(16)10-11-27-18-6-8-19(9-7-18)28-22-23-20-4-2-3-5-21(20)29-22/h2-9,16-17H,10-14H2,1H3/t16-,17-/m0/s1. The lowest BCUT2D eigenvalue weighted by molar-refractivity contribution is -0.131. The van der Waals surface area contributed by atoms with E-state index in [4.69, 9.17) is 9.47 Å². The molecule has 150 valence electrons. The molecule has 0 saturated carbocycles. The average molecular weight is 410 g/mol. The van der Waals surface area contributed by atoms with Crippen LogP contribution in [0.5, 0.6) is 16.7 Å². The number of rotatable bonds is 6. The zero-order valence-corrected chi connectivity index (χ0v) is 17.1. The van der Waals surface area contributed by atoms with Crippen molar-refractivity contribution >= 4 is 27.5 Å². The normalized spacial score (nSPS) is 21.1. The molecule has 0 unspecified atom stereocenters. The number of thiazole rings is 1. The van der Waals surface area contributed by atoms with Crippen molar-refractivity contribution in [3.8, 4) is 16.7 Å². The van der Waals surface area contributed by atoms with Gasteiger partial charge in [0.25, 0.3) is 5.19 Å². The van der Waals surface area contributed by atoms with Crippen molar-refractivity contribution in [3.63, 3.8) is 0 Å². The van der Waals surface area contributed by atoms with Crippen molar-refractivity contribution < 1.29 is 14.3 Å². The van der Waals surface area contributed by atoms with E-state index in [1.807, 2.05) is 53.4 Å². The lowest BCUT2D eigenvalue weighted by Crippen LogP contribution is -2.48. The molecule has 2 fully saturated rings. The van der Waals surface area contributed by atoms with Crippen molar-refractivity contribution in [2.45, 2.75) is 25.4 Å². The van der Waals surface area contributed by atoms with Crippen LogP contribution in [0.25, 0.3) is 10.2 Å². The summed E-state index contributed by atoms with van der Waals surface area (Å²) in [5, 5.41) is 0.642. The Morgan fingerprint density at radius 3 is 2.62 bits per heavy atom. The molecular formula is C22H23N3O3S. The number of likely N-dealkylation sites (tertiary alicyclic amines) is 2. The van der Waals surface area contributed by atoms with Gasteiger partial charge in [0.15, 0.2) is 0 Å². The fourth-order valence-electron chi connectivity index (χ4n) is 4.29. The van der Waals surface area contributed by atoms with Gasteiger partial charge in [-0.1, -0.05) is 23.5 Å². The van der Waals surface area contributed by atoms with Crippen LogP contribution in [0, 0.1) is 0 Å². The highest BCUT2D eigenvalue weighted by Crippen LogP contribution is 2.32. The molecule has 0 N–H and O–H groups in total. The third-order valence-electron chi connectivity index (χ3n) is 5.71. The van der Waals surface area contributed by atoms with E-state index in [9.17, 15) is 4.79 Å². The van der Waals surface area contributed by atoms with Crippen molar-refractivity contribution in [2.24, 2.45) is 0 Å². The highest BCUT2D eigenvalue weighted by molar-refractivity contribution is 7.20. The Balaban J connectivity index is 1.11. The maximum atomic E-state index is 11.6. The third-order valence-corrected chi connectivity index (χ3v) is 6.62. The first-order valence-electron chi connectivity index (χ1n) is 9.93. The van der Waals surface area contributed by atoms with E-state index in [1.165, 1.54) is 11.3 Å². The van der Waals surface area contributed by atoms with Crippen molar-refractivity contribution in [2.75, 3.05) is 26.2 Å². The van der Waals surface area contributed by atoms with Crippen LogP contribution in [0.1, 0.15) is 13.3 Å². The number of amides is 1. The molecule has 2 aliphatic rings. The molecule has 1 amide bonds. The summed E-state index contributed by atoms with van der Waals surface area (Å²) in [6.07, 6.45) is 1.09. The largest absolute Gasteiger partial charge is 0.492 e. The van der Waals surface area contributed by atoms with E-state index >= 15 is 0 Å². The summed E-state index contributed by atoms with van der Waals surface area (Å²) in [7, 11) is 0. The Hall–Kier alpha value is -2.64. The highest BCUT2D eigenvalue weighted by Gasteiger charge is 2.43. The third kappa shape index (κ3) is 3.80. The molecule has 1 aromatic heterocycles. The van der Waals surface area contributed by atoms with E-state index in [-0.39, 0.29) is 5.91 Å². The van der Waals surface area contributed by atoms with Gasteiger partial charge in [0, 0.05) is 38.6 Å². The van der Waals surface area contributed by atoms with Gasteiger partial charge in [0.05, 0.1) is 10.2 Å². The molecule has 2 aliphatic heterocycles. The predicted octanol–water partition coefficient (Wildman–Crippen LogP) is 3.77. The van der Waals surface area contributed by atoms with Crippen LogP contribution in [0.15, 0.2) is 48.5 Å². The summed E-state index contributed by atoms with van der Waals surface area (Å²) in [5.74, 6) is 1.77. The monoisotopic (exact) mass is 409 g/mol. The van der Waals surface area contributed by atoms with Crippen LogP contribution in [-0.4, -0.2) is 59.0 Å². The second-order valence-electron chi connectivity index (χ2n) is 7.58. The van der Waals surface area contributed by atoms with Gasteiger partial charge in [-0.2, -0.15) is 0 Å². The maximum Gasteiger partial charge on any atom is 0.279 e. The molecule has 0 aliphatic carbocycles. The first-order valence-corrected chi connectivity index (χ1v) is 10.7. The van der Waals surface area contributed by atoms with E-state index in [0.717, 1.165) is 47.8 Å². The number of hydrogen-bond acceptors (Lipinski definition) is 6. The smallest absolute Gasteiger partial charge is 0.279 e. The molecule has 2 saturated heterocycles. The SMILES string of the molecule is CC(=O)N1C[C@@H]2C[C@H]1CN2CCOc1ccc(Oc2nc3ccccc3s2)cc1. The highest BCUT2D eigenvalue weighted by atomic mass is 32.1. The fourth-order valence-corrected chi connectivity index (χ4v) is 5.12. The number of carbonyl (C=O) groups excluding carboxylic acids is 1. The molecule has 3 aromatic rings. The zero-order valence-electron chi connectivity index (χ0n) is 16.3. The van der Waals surface area contributed by atoms with Gasteiger partial charge < -0.3 is 14.4 Å². The number of ether oxygens (including phenoxy) is 2. The van der Waals surface area contributed by atoms with Gasteiger partial charge in [-0.3, -0.25) is 9.69 Å². The van der Waals surface area contributed by atoms with Crippen molar-refractivity contribution in [1.82, 2.24) is 14.8 Å². The Kier molecular flexibility index (Phi) is 4.85. The van der Waals surface area contributed by atoms with E-state index < -0.39 is 0 Å². The molecule has 3 heterocycles. The van der Waals surface area contributed by atoms with Gasteiger partial charge in [-0.15, -0.1) is 0 Å². The summed E-state index contributed by atoms with van der Waals surface area (Å²) in [5.41, 5.74) is 0.953. The summed E-state index contributed by atoms with van der Waals surface area (Å²) in [6.45, 7) is 5.01.